The van der Waals surface area contributed by atoms with E-state index >= 15 is 0 Å². The van der Waals surface area contributed by atoms with Crippen molar-refractivity contribution in [2.24, 2.45) is 0 Å². The standard InChI is InChI=1S/C18H15NO7/c1-5-19-15(20)11-9-13(17(22)25-7-3)14(18(23)26-8-4)10-12(11)16(21)24-6-2/h1-4,9-10H,5-8H2,(H,19,20). The Morgan fingerprint density at radius 1 is 0.692 bits per heavy atom. The molecule has 1 aromatic rings. The van der Waals surface area contributed by atoms with E-state index in [9.17, 15) is 19.2 Å². The molecule has 0 aliphatic rings. The minimum Gasteiger partial charge on any atom is -0.462 e. The summed E-state index contributed by atoms with van der Waals surface area (Å²) < 4.78 is 13.9. The number of hydrogen-bond donors (Lipinski definition) is 1. The fourth-order valence-corrected chi connectivity index (χ4v) is 1.94. The molecule has 134 valence electrons. The highest BCUT2D eigenvalue weighted by Crippen LogP contribution is 2.21. The van der Waals surface area contributed by atoms with Crippen LogP contribution in [0.2, 0.25) is 0 Å². The molecule has 0 fully saturated rings. The van der Waals surface area contributed by atoms with Gasteiger partial charge in [-0.15, -0.1) is 0 Å². The van der Waals surface area contributed by atoms with Crippen molar-refractivity contribution in [3.8, 4) is 0 Å². The number of benzene rings is 1. The lowest BCUT2D eigenvalue weighted by atomic mass is 9.97. The zero-order chi connectivity index (χ0) is 19.7. The van der Waals surface area contributed by atoms with Crippen LogP contribution >= 0.6 is 0 Å². The van der Waals surface area contributed by atoms with Gasteiger partial charge in [-0.05, 0) is 19.1 Å². The van der Waals surface area contributed by atoms with Crippen molar-refractivity contribution in [1.29, 1.82) is 0 Å². The van der Waals surface area contributed by atoms with Gasteiger partial charge in [-0.2, -0.15) is 0 Å². The van der Waals surface area contributed by atoms with Gasteiger partial charge in [0.1, 0.15) is 0 Å². The number of esters is 3. The number of rotatable bonds is 8. The first-order valence-corrected chi connectivity index (χ1v) is 7.19. The molecule has 1 aromatic carbocycles. The second kappa shape index (κ2) is 10.2. The Bertz CT molecular complexity index is 583. The number of carbonyl (C=O) groups excluding carboxylic acids is 4. The van der Waals surface area contributed by atoms with E-state index in [2.05, 4.69) is 19.5 Å². The van der Waals surface area contributed by atoms with Gasteiger partial charge in [0.25, 0.3) is 5.91 Å². The first-order chi connectivity index (χ1) is 12.4. The molecule has 0 spiro atoms. The molecule has 1 rings (SSSR count). The first kappa shape index (κ1) is 21.1. The summed E-state index contributed by atoms with van der Waals surface area (Å²) in [5, 5.41) is 2.26. The summed E-state index contributed by atoms with van der Waals surface area (Å²) >= 11 is 0. The van der Waals surface area contributed by atoms with Crippen molar-refractivity contribution in [1.82, 2.24) is 5.32 Å². The lowest BCUT2D eigenvalue weighted by Gasteiger charge is -2.14. The number of carbonyl (C=O) groups is 4. The molecule has 0 saturated carbocycles. The van der Waals surface area contributed by atoms with Crippen LogP contribution in [0.3, 0.4) is 0 Å². The third-order valence-electron chi connectivity index (χ3n) is 2.97. The molecule has 8 nitrogen and oxygen atoms in total. The average molecular weight is 357 g/mol. The Morgan fingerprint density at radius 3 is 1.38 bits per heavy atom. The van der Waals surface area contributed by atoms with Crippen molar-refractivity contribution in [2.75, 3.05) is 26.4 Å². The summed E-state index contributed by atoms with van der Waals surface area (Å²) in [4.78, 5) is 48.4. The Labute approximate surface area is 151 Å². The quantitative estimate of drug-likeness (QED) is 0.540. The average Bonchev–Trinajstić information content (AvgIpc) is 2.61. The highest BCUT2D eigenvalue weighted by Gasteiger charge is 2.27. The summed E-state index contributed by atoms with van der Waals surface area (Å²) in [5.41, 5.74) is -1.36. The van der Waals surface area contributed by atoms with Crippen molar-refractivity contribution in [3.63, 3.8) is 0 Å². The van der Waals surface area contributed by atoms with Crippen LogP contribution in [0.4, 0.5) is 0 Å². The molecule has 26 heavy (non-hydrogen) atoms. The maximum absolute atomic E-state index is 12.2. The van der Waals surface area contributed by atoms with E-state index in [1.165, 1.54) is 0 Å². The first-order valence-electron chi connectivity index (χ1n) is 7.19. The normalized spacial score (nSPS) is 10.0. The van der Waals surface area contributed by atoms with Gasteiger partial charge in [0.15, 0.2) is 0 Å². The third kappa shape index (κ3) is 5.05. The number of hydrogen-bond acceptors (Lipinski definition) is 7. The Hall–Kier alpha value is -2.90. The van der Waals surface area contributed by atoms with E-state index in [0.717, 1.165) is 12.1 Å². The smallest absolute Gasteiger partial charge is 0.339 e. The Balaban J connectivity index is 3.63. The number of nitrogens with one attached hydrogen (secondary N) is 1. The highest BCUT2D eigenvalue weighted by atomic mass is 16.5. The van der Waals surface area contributed by atoms with Gasteiger partial charge < -0.3 is 19.5 Å². The van der Waals surface area contributed by atoms with Gasteiger partial charge in [-0.25, -0.2) is 14.4 Å². The molecular formula is C18H15NO7. The van der Waals surface area contributed by atoms with Crippen molar-refractivity contribution in [2.45, 2.75) is 0 Å². The van der Waals surface area contributed by atoms with Crippen LogP contribution in [0.5, 0.6) is 0 Å². The molecule has 1 amide bonds. The molecule has 0 aliphatic heterocycles. The lowest BCUT2D eigenvalue weighted by Crippen LogP contribution is -2.27. The molecule has 8 radical (unpaired) electrons. The minimum absolute atomic E-state index is 0.246. The van der Waals surface area contributed by atoms with Gasteiger partial charge in [0.05, 0.1) is 42.1 Å². The molecule has 0 aliphatic carbocycles. The molecule has 0 unspecified atom stereocenters. The zero-order valence-corrected chi connectivity index (χ0v) is 13.7. The van der Waals surface area contributed by atoms with Crippen molar-refractivity contribution in [3.05, 3.63) is 62.1 Å². The summed E-state index contributed by atoms with van der Waals surface area (Å²) in [6, 6.07) is 1.90. The predicted octanol–water partition coefficient (Wildman–Crippen LogP) is 0.731. The summed E-state index contributed by atoms with van der Waals surface area (Å²) in [6.07, 6.45) is 0. The monoisotopic (exact) mass is 357 g/mol. The maximum Gasteiger partial charge on any atom is 0.339 e. The van der Waals surface area contributed by atoms with E-state index in [0.29, 0.717) is 0 Å². The van der Waals surface area contributed by atoms with Crippen molar-refractivity contribution < 1.29 is 33.4 Å². The molecule has 0 aromatic heterocycles. The number of amides is 1. The fourth-order valence-electron chi connectivity index (χ4n) is 1.94. The van der Waals surface area contributed by atoms with Gasteiger partial charge in [0, 0.05) is 27.3 Å². The predicted molar refractivity (Wildman–Crippen MR) is 86.8 cm³/mol. The second-order valence-electron chi connectivity index (χ2n) is 4.45. The van der Waals surface area contributed by atoms with Crippen LogP contribution in [0.25, 0.3) is 0 Å². The van der Waals surface area contributed by atoms with Crippen LogP contribution in [-0.4, -0.2) is 50.2 Å². The zero-order valence-electron chi connectivity index (χ0n) is 13.7. The molecular weight excluding hydrogens is 342 g/mol. The molecule has 0 bridgehead atoms. The number of ether oxygens (including phenoxy) is 3. The lowest BCUT2D eigenvalue weighted by molar-refractivity contribution is 0.0497. The second-order valence-corrected chi connectivity index (χ2v) is 4.45. The molecule has 0 atom stereocenters. The molecule has 8 heteroatoms. The van der Waals surface area contributed by atoms with Gasteiger partial charge in [0.2, 0.25) is 0 Å². The summed E-state index contributed by atoms with van der Waals surface area (Å²) in [5.74, 6) is -3.84. The minimum atomic E-state index is -1.02. The topological polar surface area (TPSA) is 108 Å². The van der Waals surface area contributed by atoms with Crippen LogP contribution in [-0.2, 0) is 14.2 Å². The van der Waals surface area contributed by atoms with Crippen LogP contribution in [0, 0.1) is 27.7 Å². The van der Waals surface area contributed by atoms with E-state index in [4.69, 9.17) is 27.7 Å². The van der Waals surface area contributed by atoms with E-state index in [1.807, 2.05) is 0 Å². The maximum atomic E-state index is 12.2. The fraction of sp³-hybridized carbons (Fsp3) is 0.222. The van der Waals surface area contributed by atoms with E-state index < -0.39 is 43.6 Å². The summed E-state index contributed by atoms with van der Waals surface area (Å²) in [6.45, 7) is 19.0. The van der Waals surface area contributed by atoms with E-state index in [1.54, 1.807) is 0 Å². The SMILES string of the molecule is [CH]CNC(=O)c1cc(C(=O)OC[CH])c(C(=O)OC[CH])cc1C(=O)OC[CH]. The summed E-state index contributed by atoms with van der Waals surface area (Å²) in [7, 11) is 0. The van der Waals surface area contributed by atoms with Crippen molar-refractivity contribution >= 4 is 23.8 Å². The van der Waals surface area contributed by atoms with Gasteiger partial charge in [-0.1, -0.05) is 0 Å². The highest BCUT2D eigenvalue weighted by molar-refractivity contribution is 6.11. The Morgan fingerprint density at radius 2 is 1.04 bits per heavy atom. The van der Waals surface area contributed by atoms with Crippen LogP contribution in [0.15, 0.2) is 12.1 Å². The van der Waals surface area contributed by atoms with Gasteiger partial charge in [-0.3, -0.25) is 4.79 Å². The van der Waals surface area contributed by atoms with Gasteiger partial charge >= 0.3 is 17.9 Å². The van der Waals surface area contributed by atoms with Crippen LogP contribution < -0.4 is 5.32 Å². The Kier molecular flexibility index (Phi) is 8.27. The van der Waals surface area contributed by atoms with E-state index in [-0.39, 0.29) is 28.8 Å². The molecule has 0 heterocycles. The largest absolute Gasteiger partial charge is 0.462 e. The molecule has 1 N–H and O–H groups in total. The third-order valence-corrected chi connectivity index (χ3v) is 2.97. The molecule has 0 saturated heterocycles. The van der Waals surface area contributed by atoms with Crippen LogP contribution in [0.1, 0.15) is 41.4 Å².